The highest BCUT2D eigenvalue weighted by Gasteiger charge is 2.16. The Hall–Kier alpha value is -2.36. The van der Waals surface area contributed by atoms with Crippen molar-refractivity contribution in [2.75, 3.05) is 0 Å². The summed E-state index contributed by atoms with van der Waals surface area (Å²) in [4.78, 5) is 0. The van der Waals surface area contributed by atoms with E-state index in [2.05, 4.69) is 53.4 Å². The first-order chi connectivity index (χ1) is 10.2. The number of hydrogen-bond donors (Lipinski definition) is 0. The normalized spacial score (nSPS) is 11.4. The van der Waals surface area contributed by atoms with Gasteiger partial charge in [0.2, 0.25) is 5.89 Å². The number of benzene rings is 1. The largest absolute Gasteiger partial charge is 0.419 e. The monoisotopic (exact) mass is 281 g/mol. The van der Waals surface area contributed by atoms with Crippen molar-refractivity contribution in [1.29, 1.82) is 0 Å². The Morgan fingerprint density at radius 3 is 2.86 bits per heavy atom. The molecule has 3 aromatic rings. The summed E-state index contributed by atoms with van der Waals surface area (Å²) in [5, 5.41) is 9.52. The molecule has 0 aliphatic heterocycles. The van der Waals surface area contributed by atoms with E-state index in [-0.39, 0.29) is 0 Å². The molecular formula is C17H19N3O. The van der Waals surface area contributed by atoms with Crippen LogP contribution >= 0.6 is 0 Å². The summed E-state index contributed by atoms with van der Waals surface area (Å²) < 4.78 is 7.97. The zero-order valence-corrected chi connectivity index (χ0v) is 12.4. The van der Waals surface area contributed by atoms with Crippen LogP contribution in [0.25, 0.3) is 22.5 Å². The maximum Gasteiger partial charge on any atom is 0.264 e. The van der Waals surface area contributed by atoms with Crippen molar-refractivity contribution >= 4 is 10.9 Å². The van der Waals surface area contributed by atoms with Gasteiger partial charge in [-0.1, -0.05) is 38.1 Å². The summed E-state index contributed by atoms with van der Waals surface area (Å²) in [7, 11) is 0. The van der Waals surface area contributed by atoms with Gasteiger partial charge in [-0.05, 0) is 18.1 Å². The van der Waals surface area contributed by atoms with Crippen molar-refractivity contribution in [1.82, 2.24) is 14.8 Å². The number of hydrogen-bond acceptors (Lipinski definition) is 3. The predicted molar refractivity (Wildman–Crippen MR) is 84.0 cm³/mol. The molecule has 2 heterocycles. The molecule has 21 heavy (non-hydrogen) atoms. The Morgan fingerprint density at radius 2 is 2.10 bits per heavy atom. The predicted octanol–water partition coefficient (Wildman–Crippen LogP) is 4.08. The highest BCUT2D eigenvalue weighted by atomic mass is 16.4. The highest BCUT2D eigenvalue weighted by Crippen LogP contribution is 2.27. The molecule has 108 valence electrons. The van der Waals surface area contributed by atoms with Crippen molar-refractivity contribution in [3.05, 3.63) is 48.9 Å². The number of para-hydroxylation sites is 1. The molecule has 0 fully saturated rings. The van der Waals surface area contributed by atoms with E-state index in [1.807, 2.05) is 18.2 Å². The second-order valence-corrected chi connectivity index (χ2v) is 5.59. The molecule has 1 aromatic carbocycles. The minimum Gasteiger partial charge on any atom is -0.419 e. The lowest BCUT2D eigenvalue weighted by Gasteiger charge is -2.04. The van der Waals surface area contributed by atoms with E-state index in [4.69, 9.17) is 4.42 Å². The smallest absolute Gasteiger partial charge is 0.264 e. The van der Waals surface area contributed by atoms with Crippen molar-refractivity contribution < 1.29 is 4.42 Å². The summed E-state index contributed by atoms with van der Waals surface area (Å²) in [5.74, 6) is 1.76. The molecule has 3 rings (SSSR count). The SMILES string of the molecule is C=CCn1c(-c2nnc(CC(C)C)o2)cc2ccccc21. The molecule has 0 aliphatic rings. The second kappa shape index (κ2) is 5.56. The molecule has 0 amide bonds. The van der Waals surface area contributed by atoms with Crippen LogP contribution in [0.2, 0.25) is 0 Å². The maximum absolute atomic E-state index is 5.82. The van der Waals surface area contributed by atoms with Gasteiger partial charge >= 0.3 is 0 Å². The lowest BCUT2D eigenvalue weighted by molar-refractivity contribution is 0.464. The Balaban J connectivity index is 2.08. The van der Waals surface area contributed by atoms with E-state index in [1.165, 1.54) is 0 Å². The topological polar surface area (TPSA) is 43.9 Å². The molecule has 2 aromatic heterocycles. The van der Waals surface area contributed by atoms with Crippen molar-refractivity contribution in [2.45, 2.75) is 26.8 Å². The molecule has 0 unspecified atom stereocenters. The second-order valence-electron chi connectivity index (χ2n) is 5.59. The number of allylic oxidation sites excluding steroid dienone is 1. The quantitative estimate of drug-likeness (QED) is 0.662. The number of fused-ring (bicyclic) bond motifs is 1. The lowest BCUT2D eigenvalue weighted by atomic mass is 10.1. The van der Waals surface area contributed by atoms with E-state index >= 15 is 0 Å². The van der Waals surface area contributed by atoms with Gasteiger partial charge < -0.3 is 8.98 Å². The van der Waals surface area contributed by atoms with Gasteiger partial charge in [0.1, 0.15) is 5.69 Å². The van der Waals surface area contributed by atoms with Crippen molar-refractivity contribution in [2.24, 2.45) is 5.92 Å². The summed E-state index contributed by atoms with van der Waals surface area (Å²) in [6, 6.07) is 10.3. The average molecular weight is 281 g/mol. The standard InChI is InChI=1S/C17H19N3O/c1-4-9-20-14-8-6-5-7-13(14)11-15(20)17-19-18-16(21-17)10-12(2)3/h4-8,11-12H,1,9-10H2,2-3H3. The lowest BCUT2D eigenvalue weighted by Crippen LogP contribution is -1.97. The van der Waals surface area contributed by atoms with E-state index < -0.39 is 0 Å². The van der Waals surface area contributed by atoms with Gasteiger partial charge in [-0.25, -0.2) is 0 Å². The minimum absolute atomic E-state index is 0.498. The van der Waals surface area contributed by atoms with Gasteiger partial charge in [-0.3, -0.25) is 0 Å². The fourth-order valence-electron chi connectivity index (χ4n) is 2.50. The molecule has 0 radical (unpaired) electrons. The van der Waals surface area contributed by atoms with Gasteiger partial charge in [-0.15, -0.1) is 16.8 Å². The first-order valence-electron chi connectivity index (χ1n) is 7.21. The summed E-state index contributed by atoms with van der Waals surface area (Å²) in [6.07, 6.45) is 2.68. The fourth-order valence-corrected chi connectivity index (χ4v) is 2.50. The highest BCUT2D eigenvalue weighted by molar-refractivity contribution is 5.85. The molecule has 0 spiro atoms. The molecule has 0 saturated heterocycles. The fraction of sp³-hybridized carbons (Fsp3) is 0.294. The Labute approximate surface area is 124 Å². The number of nitrogens with zero attached hydrogens (tertiary/aromatic N) is 3. The summed E-state index contributed by atoms with van der Waals surface area (Å²) >= 11 is 0. The third-order valence-electron chi connectivity index (χ3n) is 3.39. The van der Waals surface area contributed by atoms with Crippen LogP contribution in [-0.2, 0) is 13.0 Å². The maximum atomic E-state index is 5.82. The van der Waals surface area contributed by atoms with Crippen LogP contribution in [0.4, 0.5) is 0 Å². The van der Waals surface area contributed by atoms with Gasteiger partial charge in [0.25, 0.3) is 5.89 Å². The minimum atomic E-state index is 0.498. The molecule has 0 aliphatic carbocycles. The zero-order valence-electron chi connectivity index (χ0n) is 12.4. The van der Waals surface area contributed by atoms with Crippen molar-refractivity contribution in [3.63, 3.8) is 0 Å². The van der Waals surface area contributed by atoms with E-state index in [0.29, 0.717) is 24.2 Å². The molecule has 4 nitrogen and oxygen atoms in total. The van der Waals surface area contributed by atoms with Crippen LogP contribution < -0.4 is 0 Å². The molecule has 0 bridgehead atoms. The first kappa shape index (κ1) is 13.6. The summed E-state index contributed by atoms with van der Waals surface area (Å²) in [6.45, 7) is 8.82. The average Bonchev–Trinajstić information content (AvgIpc) is 3.04. The van der Waals surface area contributed by atoms with Crippen molar-refractivity contribution in [3.8, 4) is 11.6 Å². The summed E-state index contributed by atoms with van der Waals surface area (Å²) in [5.41, 5.74) is 2.09. The number of aromatic nitrogens is 3. The van der Waals surface area contributed by atoms with Gasteiger partial charge in [-0.2, -0.15) is 0 Å². The van der Waals surface area contributed by atoms with Crippen LogP contribution in [0.3, 0.4) is 0 Å². The van der Waals surface area contributed by atoms with Crippen LogP contribution in [0.5, 0.6) is 0 Å². The zero-order chi connectivity index (χ0) is 14.8. The molecule has 0 atom stereocenters. The van der Waals surface area contributed by atoms with Gasteiger partial charge in [0, 0.05) is 23.9 Å². The molecule has 0 saturated carbocycles. The number of rotatable bonds is 5. The third kappa shape index (κ3) is 2.61. The van der Waals surface area contributed by atoms with Gasteiger partial charge in [0.15, 0.2) is 0 Å². The van der Waals surface area contributed by atoms with Crippen LogP contribution in [-0.4, -0.2) is 14.8 Å². The van der Waals surface area contributed by atoms with Crippen LogP contribution in [0.1, 0.15) is 19.7 Å². The third-order valence-corrected chi connectivity index (χ3v) is 3.39. The first-order valence-corrected chi connectivity index (χ1v) is 7.21. The van der Waals surface area contributed by atoms with E-state index in [9.17, 15) is 0 Å². The van der Waals surface area contributed by atoms with E-state index in [0.717, 1.165) is 23.0 Å². The van der Waals surface area contributed by atoms with E-state index in [1.54, 1.807) is 0 Å². The molecule has 4 heteroatoms. The van der Waals surface area contributed by atoms with Crippen LogP contribution in [0.15, 0.2) is 47.4 Å². The molecule has 0 N–H and O–H groups in total. The van der Waals surface area contributed by atoms with Gasteiger partial charge in [0.05, 0.1) is 0 Å². The molecular weight excluding hydrogens is 262 g/mol. The Kier molecular flexibility index (Phi) is 3.60. The van der Waals surface area contributed by atoms with Crippen LogP contribution in [0, 0.1) is 5.92 Å². The Bertz CT molecular complexity index is 767. The Morgan fingerprint density at radius 1 is 1.29 bits per heavy atom.